The van der Waals surface area contributed by atoms with Crippen LogP contribution in [0.25, 0.3) is 65.9 Å². The number of amides is 2. The molecule has 0 atom stereocenters. The van der Waals surface area contributed by atoms with Crippen molar-refractivity contribution in [2.24, 2.45) is 14.1 Å². The van der Waals surface area contributed by atoms with Gasteiger partial charge >= 0.3 is 0 Å². The number of carbonyl (C=O) groups excluding carboxylic acids is 2. The van der Waals surface area contributed by atoms with Crippen molar-refractivity contribution in [1.29, 1.82) is 0 Å². The lowest BCUT2D eigenvalue weighted by atomic mass is 9.98. The highest BCUT2D eigenvalue weighted by Gasteiger charge is 2.23. The van der Waals surface area contributed by atoms with Crippen LogP contribution in [0.3, 0.4) is 0 Å². The summed E-state index contributed by atoms with van der Waals surface area (Å²) >= 11 is 0. The molecule has 60 heavy (non-hydrogen) atoms. The number of hydrogen-bond acceptors (Lipinski definition) is 7. The Bertz CT molecular complexity index is 2730. The van der Waals surface area contributed by atoms with Crippen LogP contribution in [0, 0.1) is 0 Å². The lowest BCUT2D eigenvalue weighted by Gasteiger charge is -2.11. The van der Waals surface area contributed by atoms with Gasteiger partial charge in [0.1, 0.15) is 14.1 Å². The summed E-state index contributed by atoms with van der Waals surface area (Å²) in [6.45, 7) is 2.75. The third kappa shape index (κ3) is 7.95. The molecule has 0 fully saturated rings. The fourth-order valence-corrected chi connectivity index (χ4v) is 8.27. The number of nitrogens with two attached hydrogens (primary N) is 4. The number of nitrogen functional groups attached to an aromatic ring is 4. The van der Waals surface area contributed by atoms with Crippen LogP contribution < -0.4 is 48.0 Å². The van der Waals surface area contributed by atoms with Gasteiger partial charge in [0.15, 0.2) is 0 Å². The molecule has 0 unspecified atom stereocenters. The van der Waals surface area contributed by atoms with Crippen LogP contribution in [0.4, 0.5) is 22.7 Å². The predicted octanol–water partition coefficient (Wildman–Crippen LogP) is 6.53. The Hall–Kier alpha value is -7.24. The van der Waals surface area contributed by atoms with Crippen molar-refractivity contribution in [2.45, 2.75) is 19.3 Å². The number of rotatable bonds is 13. The molecule has 2 heterocycles. The van der Waals surface area contributed by atoms with E-state index < -0.39 is 0 Å². The van der Waals surface area contributed by atoms with Gasteiger partial charge in [0.25, 0.3) is 11.8 Å². The molecule has 11 heteroatoms. The molecule has 2 aromatic heterocycles. The van der Waals surface area contributed by atoms with E-state index in [4.69, 9.17) is 22.9 Å². The van der Waals surface area contributed by atoms with Crippen molar-refractivity contribution in [3.63, 3.8) is 0 Å². The fourth-order valence-electron chi connectivity index (χ4n) is 8.27. The molecule has 0 aliphatic carbocycles. The molecule has 8 aromatic rings. The summed E-state index contributed by atoms with van der Waals surface area (Å²) in [5.41, 5.74) is 34.8. The largest absolute Gasteiger partial charge is 0.399 e. The first kappa shape index (κ1) is 39.6. The number of benzene rings is 6. The van der Waals surface area contributed by atoms with Gasteiger partial charge in [0, 0.05) is 81.0 Å². The minimum atomic E-state index is -0.108. The predicted molar refractivity (Wildman–Crippen MR) is 245 cm³/mol. The van der Waals surface area contributed by atoms with E-state index in [1.807, 2.05) is 123 Å². The highest BCUT2D eigenvalue weighted by atomic mass is 16.2. The maximum absolute atomic E-state index is 13.0. The lowest BCUT2D eigenvalue weighted by Crippen LogP contribution is -2.32. The molecule has 302 valence electrons. The number of aromatic nitrogens is 2. The maximum atomic E-state index is 13.0. The average Bonchev–Trinajstić information content (AvgIpc) is 3.24. The van der Waals surface area contributed by atoms with Gasteiger partial charge in [0.05, 0.1) is 21.5 Å². The van der Waals surface area contributed by atoms with E-state index in [-0.39, 0.29) is 11.8 Å². The van der Waals surface area contributed by atoms with Crippen molar-refractivity contribution in [3.8, 4) is 22.5 Å². The molecule has 0 saturated carbocycles. The molecular weight excluding hydrogens is 747 g/mol. The topological polar surface area (TPSA) is 182 Å². The fraction of sp³-hybridized carbons (Fsp3) is 0.184. The first-order valence-corrected chi connectivity index (χ1v) is 20.4. The van der Waals surface area contributed by atoms with E-state index in [1.54, 1.807) is 0 Å². The highest BCUT2D eigenvalue weighted by molar-refractivity contribution is 6.11. The molecule has 0 spiro atoms. The van der Waals surface area contributed by atoms with Crippen LogP contribution in [-0.2, 0) is 14.1 Å². The number of unbranched alkanes of at least 4 members (excludes halogenated alkanes) is 1. The number of carbonyl (C=O) groups is 2. The van der Waals surface area contributed by atoms with Gasteiger partial charge in [0.2, 0.25) is 22.4 Å². The van der Waals surface area contributed by atoms with Crippen molar-refractivity contribution < 1.29 is 18.7 Å². The van der Waals surface area contributed by atoms with E-state index in [1.165, 1.54) is 0 Å². The molecule has 2 amide bonds. The van der Waals surface area contributed by atoms with Gasteiger partial charge in [-0.25, -0.2) is 0 Å². The van der Waals surface area contributed by atoms with Crippen molar-refractivity contribution in [2.75, 3.05) is 49.1 Å². The Morgan fingerprint density at radius 3 is 1.25 bits per heavy atom. The zero-order chi connectivity index (χ0) is 41.9. The van der Waals surface area contributed by atoms with E-state index in [0.29, 0.717) is 47.0 Å². The van der Waals surface area contributed by atoms with E-state index in [2.05, 4.69) is 37.2 Å². The first-order valence-electron chi connectivity index (χ1n) is 20.4. The summed E-state index contributed by atoms with van der Waals surface area (Å²) in [5.74, 6) is -0.208. The van der Waals surface area contributed by atoms with Crippen LogP contribution in [0.2, 0.25) is 0 Å². The van der Waals surface area contributed by atoms with Crippen molar-refractivity contribution in [3.05, 3.63) is 132 Å². The zero-order valence-corrected chi connectivity index (χ0v) is 34.0. The monoisotopic (exact) mass is 797 g/mol. The molecule has 6 aromatic carbocycles. The van der Waals surface area contributed by atoms with E-state index >= 15 is 0 Å². The number of nitrogens with one attached hydrogen (secondary N) is 3. The number of hydrogen-bond donors (Lipinski definition) is 7. The van der Waals surface area contributed by atoms with Crippen LogP contribution in [0.1, 0.15) is 40.0 Å². The van der Waals surface area contributed by atoms with E-state index in [0.717, 1.165) is 98.2 Å². The van der Waals surface area contributed by atoms with E-state index in [9.17, 15) is 9.59 Å². The summed E-state index contributed by atoms with van der Waals surface area (Å²) in [6, 6.07) is 39.2. The zero-order valence-electron chi connectivity index (χ0n) is 34.0. The Morgan fingerprint density at radius 2 is 0.800 bits per heavy atom. The second-order valence-corrected chi connectivity index (χ2v) is 15.5. The molecule has 0 aliphatic rings. The van der Waals surface area contributed by atoms with Crippen LogP contribution in [-0.4, -0.2) is 38.0 Å². The van der Waals surface area contributed by atoms with Gasteiger partial charge in [-0.1, -0.05) is 12.1 Å². The van der Waals surface area contributed by atoms with Gasteiger partial charge in [-0.2, -0.15) is 9.13 Å². The molecule has 0 bridgehead atoms. The summed E-state index contributed by atoms with van der Waals surface area (Å²) in [7, 11) is 4.05. The molecular formula is C49H51N9O2+2. The highest BCUT2D eigenvalue weighted by Crippen LogP contribution is 2.35. The number of nitrogens with zero attached hydrogens (tertiary/aromatic N) is 2. The Morgan fingerprint density at radius 1 is 0.433 bits per heavy atom. The minimum absolute atomic E-state index is 0.100. The van der Waals surface area contributed by atoms with Gasteiger partial charge in [-0.3, -0.25) is 9.59 Å². The third-order valence-electron chi connectivity index (χ3n) is 11.3. The van der Waals surface area contributed by atoms with Crippen LogP contribution in [0.15, 0.2) is 121 Å². The first-order chi connectivity index (χ1) is 29.1. The Kier molecular flexibility index (Phi) is 11.2. The minimum Gasteiger partial charge on any atom is -0.399 e. The van der Waals surface area contributed by atoms with Gasteiger partial charge in [-0.05, 0) is 129 Å². The lowest BCUT2D eigenvalue weighted by molar-refractivity contribution is -0.632. The van der Waals surface area contributed by atoms with Crippen molar-refractivity contribution in [1.82, 2.24) is 16.0 Å². The molecule has 0 radical (unpaired) electrons. The molecule has 11 nitrogen and oxygen atoms in total. The summed E-state index contributed by atoms with van der Waals surface area (Å²) < 4.78 is 4.27. The summed E-state index contributed by atoms with van der Waals surface area (Å²) in [5, 5.41) is 16.0. The Labute approximate surface area is 349 Å². The second kappa shape index (κ2) is 16.9. The summed E-state index contributed by atoms with van der Waals surface area (Å²) in [4.78, 5) is 26.0. The SMILES string of the molecule is C[n+]1c(-c2ccc(C(=O)NCCCCNCCCNC(=O)c3ccc(-c4c5cc(N)ccc5c5ccc(N)cc5[n+]4C)cc3)cc2)c2cc(N)ccc2c2ccc(N)cc21. The summed E-state index contributed by atoms with van der Waals surface area (Å²) in [6.07, 6.45) is 2.57. The normalized spacial score (nSPS) is 11.4. The quantitative estimate of drug-likeness (QED) is 0.0300. The Balaban J connectivity index is 0.776. The maximum Gasteiger partial charge on any atom is 0.251 e. The molecule has 11 N–H and O–H groups in total. The van der Waals surface area contributed by atoms with Crippen molar-refractivity contribution >= 4 is 77.9 Å². The number of aryl methyl sites for hydroxylation is 2. The van der Waals surface area contributed by atoms with Gasteiger partial charge in [-0.15, -0.1) is 0 Å². The standard InChI is InChI=1S/C49H49N9O2/c1-57-44-28-36(52)16-20-40(44)38-18-14-34(50)26-42(38)46(57)30-6-10-32(11-7-30)48(59)55-24-4-3-22-54-23-5-25-56-49(60)33-12-8-31(9-13-33)47-43-27-35(51)15-19-39(43)41-21-17-37(53)29-45(41)58(47)2/h6-21,26-29,52-54H,3-5,22-25H2,1-2H3,(H6,50,51,55,56,59,60)/p+2. The number of anilines is 4. The van der Waals surface area contributed by atoms with Crippen LogP contribution in [0.5, 0.6) is 0 Å². The average molecular weight is 798 g/mol. The second-order valence-electron chi connectivity index (χ2n) is 15.5. The third-order valence-corrected chi connectivity index (χ3v) is 11.3. The smallest absolute Gasteiger partial charge is 0.251 e. The molecule has 8 rings (SSSR count). The van der Waals surface area contributed by atoms with Gasteiger partial charge < -0.3 is 38.9 Å². The number of fused-ring (bicyclic) bond motifs is 6. The van der Waals surface area contributed by atoms with Crippen LogP contribution >= 0.6 is 0 Å². The molecule has 0 aliphatic heterocycles. The molecule has 0 saturated heterocycles. The number of pyridine rings is 2.